The molecule has 1 atom stereocenters. The van der Waals surface area contributed by atoms with Gasteiger partial charge in [0.2, 0.25) is 0 Å². The molecule has 0 N–H and O–H groups in total. The number of likely N-dealkylation sites (tertiary alicyclic amines) is 1. The van der Waals surface area contributed by atoms with Gasteiger partial charge in [0.15, 0.2) is 0 Å². The van der Waals surface area contributed by atoms with Crippen LogP contribution >= 0.6 is 0 Å². The van der Waals surface area contributed by atoms with Crippen LogP contribution in [0.25, 0.3) is 0 Å². The first-order chi connectivity index (χ1) is 10.7. The van der Waals surface area contributed by atoms with Crippen molar-refractivity contribution in [2.24, 2.45) is 5.92 Å². The first-order valence-corrected chi connectivity index (χ1v) is 7.42. The third-order valence-electron chi connectivity index (χ3n) is 3.95. The zero-order valence-electron chi connectivity index (χ0n) is 12.2. The summed E-state index contributed by atoms with van der Waals surface area (Å²) in [5.41, 5.74) is 0.600. The molecule has 3 rings (SSSR count). The normalized spacial score (nSPS) is 17.7. The summed E-state index contributed by atoms with van der Waals surface area (Å²) in [6.07, 6.45) is 4.85. The van der Waals surface area contributed by atoms with Crippen LogP contribution in [-0.2, 0) is 0 Å². The van der Waals surface area contributed by atoms with Crippen molar-refractivity contribution in [3.05, 3.63) is 54.2 Å². The number of carbonyl (C=O) groups excluding carboxylic acids is 1. The SMILES string of the molecule is O=C(c1ccoc1)N1CCC(CCOc2ccc(F)cc2)C1. The smallest absolute Gasteiger partial charge is 0.257 e. The number of hydrogen-bond acceptors (Lipinski definition) is 3. The summed E-state index contributed by atoms with van der Waals surface area (Å²) in [5.74, 6) is 0.870. The summed E-state index contributed by atoms with van der Waals surface area (Å²) in [7, 11) is 0. The predicted molar refractivity (Wildman–Crippen MR) is 79.2 cm³/mol. The zero-order chi connectivity index (χ0) is 15.4. The van der Waals surface area contributed by atoms with Gasteiger partial charge in [-0.25, -0.2) is 4.39 Å². The van der Waals surface area contributed by atoms with Gasteiger partial charge in [-0.1, -0.05) is 0 Å². The van der Waals surface area contributed by atoms with Gasteiger partial charge < -0.3 is 14.1 Å². The molecule has 0 radical (unpaired) electrons. The van der Waals surface area contributed by atoms with E-state index in [-0.39, 0.29) is 11.7 Å². The van der Waals surface area contributed by atoms with Crippen LogP contribution in [0.3, 0.4) is 0 Å². The van der Waals surface area contributed by atoms with E-state index in [0.717, 1.165) is 25.9 Å². The van der Waals surface area contributed by atoms with E-state index in [4.69, 9.17) is 9.15 Å². The second kappa shape index (κ2) is 6.64. The van der Waals surface area contributed by atoms with Crippen LogP contribution in [0, 0.1) is 11.7 Å². The molecule has 5 heteroatoms. The molecule has 2 heterocycles. The third-order valence-corrected chi connectivity index (χ3v) is 3.95. The Bertz CT molecular complexity index is 609. The standard InChI is InChI=1S/C17H18FNO3/c18-15-1-3-16(4-2-15)22-10-6-13-5-8-19(11-13)17(20)14-7-9-21-12-14/h1-4,7,9,12-13H,5-6,8,10-11H2. The number of benzene rings is 1. The van der Waals surface area contributed by atoms with Crippen molar-refractivity contribution in [2.75, 3.05) is 19.7 Å². The minimum absolute atomic E-state index is 0.0238. The molecule has 0 aliphatic carbocycles. The Morgan fingerprint density at radius 1 is 1.32 bits per heavy atom. The fourth-order valence-corrected chi connectivity index (χ4v) is 2.70. The molecule has 0 bridgehead atoms. The van der Waals surface area contributed by atoms with Crippen LogP contribution in [0.4, 0.5) is 4.39 Å². The summed E-state index contributed by atoms with van der Waals surface area (Å²) in [4.78, 5) is 14.0. The molecule has 1 aromatic heterocycles. The van der Waals surface area contributed by atoms with E-state index in [1.165, 1.54) is 24.7 Å². The van der Waals surface area contributed by atoms with Gasteiger partial charge in [0.05, 0.1) is 18.4 Å². The lowest BCUT2D eigenvalue weighted by Crippen LogP contribution is -2.28. The molecular weight excluding hydrogens is 285 g/mol. The number of nitrogens with zero attached hydrogens (tertiary/aromatic N) is 1. The highest BCUT2D eigenvalue weighted by molar-refractivity contribution is 5.93. The summed E-state index contributed by atoms with van der Waals surface area (Å²) < 4.78 is 23.3. The second-order valence-electron chi connectivity index (χ2n) is 5.51. The molecule has 1 fully saturated rings. The Morgan fingerprint density at radius 3 is 2.86 bits per heavy atom. The number of carbonyl (C=O) groups is 1. The first-order valence-electron chi connectivity index (χ1n) is 7.42. The molecule has 1 aliphatic heterocycles. The third kappa shape index (κ3) is 3.47. The van der Waals surface area contributed by atoms with Crippen molar-refractivity contribution in [3.63, 3.8) is 0 Å². The average molecular weight is 303 g/mol. The maximum Gasteiger partial charge on any atom is 0.257 e. The highest BCUT2D eigenvalue weighted by Crippen LogP contribution is 2.22. The largest absolute Gasteiger partial charge is 0.494 e. The van der Waals surface area contributed by atoms with E-state index < -0.39 is 0 Å². The van der Waals surface area contributed by atoms with Gasteiger partial charge in [-0.2, -0.15) is 0 Å². The minimum atomic E-state index is -0.267. The number of ether oxygens (including phenoxy) is 1. The first kappa shape index (κ1) is 14.6. The quantitative estimate of drug-likeness (QED) is 0.850. The molecule has 1 amide bonds. The van der Waals surface area contributed by atoms with Gasteiger partial charge in [-0.05, 0) is 49.1 Å². The van der Waals surface area contributed by atoms with E-state index in [2.05, 4.69) is 0 Å². The summed E-state index contributed by atoms with van der Waals surface area (Å²) in [5, 5.41) is 0. The van der Waals surface area contributed by atoms with Crippen molar-refractivity contribution < 1.29 is 18.3 Å². The fraction of sp³-hybridized carbons (Fsp3) is 0.353. The maximum absolute atomic E-state index is 12.8. The van der Waals surface area contributed by atoms with E-state index >= 15 is 0 Å². The molecule has 0 spiro atoms. The number of furan rings is 1. The maximum atomic E-state index is 12.8. The van der Waals surface area contributed by atoms with Crippen LogP contribution in [0.5, 0.6) is 5.75 Å². The Kier molecular flexibility index (Phi) is 4.42. The molecule has 1 aliphatic rings. The van der Waals surface area contributed by atoms with Gasteiger partial charge in [0, 0.05) is 13.1 Å². The van der Waals surface area contributed by atoms with Crippen molar-refractivity contribution >= 4 is 5.91 Å². The average Bonchev–Trinajstić information content (AvgIpc) is 3.20. The number of hydrogen-bond donors (Lipinski definition) is 0. The lowest BCUT2D eigenvalue weighted by Gasteiger charge is -2.15. The molecule has 116 valence electrons. The second-order valence-corrected chi connectivity index (χ2v) is 5.51. The summed E-state index contributed by atoms with van der Waals surface area (Å²) >= 11 is 0. The monoisotopic (exact) mass is 303 g/mol. The lowest BCUT2D eigenvalue weighted by atomic mass is 10.1. The molecule has 1 saturated heterocycles. The van der Waals surface area contributed by atoms with Gasteiger partial charge in [-0.15, -0.1) is 0 Å². The molecular formula is C17H18FNO3. The Labute approximate surface area is 128 Å². The minimum Gasteiger partial charge on any atom is -0.494 e. The highest BCUT2D eigenvalue weighted by atomic mass is 19.1. The zero-order valence-corrected chi connectivity index (χ0v) is 12.2. The Hall–Kier alpha value is -2.30. The van der Waals surface area contributed by atoms with Gasteiger partial charge >= 0.3 is 0 Å². The molecule has 4 nitrogen and oxygen atoms in total. The van der Waals surface area contributed by atoms with E-state index in [0.29, 0.717) is 23.8 Å². The van der Waals surface area contributed by atoms with Crippen LogP contribution in [0.1, 0.15) is 23.2 Å². The molecule has 2 aromatic rings. The van der Waals surface area contributed by atoms with Gasteiger partial charge in [0.25, 0.3) is 5.91 Å². The van der Waals surface area contributed by atoms with Crippen molar-refractivity contribution in [1.82, 2.24) is 4.90 Å². The topological polar surface area (TPSA) is 42.7 Å². The summed E-state index contributed by atoms with van der Waals surface area (Å²) in [6, 6.07) is 7.71. The van der Waals surface area contributed by atoms with Crippen LogP contribution in [0.15, 0.2) is 47.3 Å². The molecule has 1 unspecified atom stereocenters. The molecule has 1 aromatic carbocycles. The van der Waals surface area contributed by atoms with Crippen LogP contribution in [-0.4, -0.2) is 30.5 Å². The van der Waals surface area contributed by atoms with Crippen LogP contribution < -0.4 is 4.74 Å². The van der Waals surface area contributed by atoms with Crippen molar-refractivity contribution in [3.8, 4) is 5.75 Å². The van der Waals surface area contributed by atoms with E-state index in [1.54, 1.807) is 18.2 Å². The van der Waals surface area contributed by atoms with Crippen LogP contribution in [0.2, 0.25) is 0 Å². The Balaban J connectivity index is 1.43. The van der Waals surface area contributed by atoms with Gasteiger partial charge in [-0.3, -0.25) is 4.79 Å². The fourth-order valence-electron chi connectivity index (χ4n) is 2.70. The van der Waals surface area contributed by atoms with E-state index in [9.17, 15) is 9.18 Å². The lowest BCUT2D eigenvalue weighted by molar-refractivity contribution is 0.0784. The number of rotatable bonds is 5. The number of halogens is 1. The van der Waals surface area contributed by atoms with Gasteiger partial charge in [0.1, 0.15) is 17.8 Å². The molecule has 0 saturated carbocycles. The van der Waals surface area contributed by atoms with E-state index in [1.807, 2.05) is 4.90 Å². The predicted octanol–water partition coefficient (Wildman–Crippen LogP) is 3.35. The number of amides is 1. The van der Waals surface area contributed by atoms with Crippen molar-refractivity contribution in [1.29, 1.82) is 0 Å². The molecule has 22 heavy (non-hydrogen) atoms. The highest BCUT2D eigenvalue weighted by Gasteiger charge is 2.27. The van der Waals surface area contributed by atoms with Crippen molar-refractivity contribution in [2.45, 2.75) is 12.8 Å². The Morgan fingerprint density at radius 2 is 2.14 bits per heavy atom. The summed E-state index contributed by atoms with van der Waals surface area (Å²) in [6.45, 7) is 2.09.